The Morgan fingerprint density at radius 1 is 1.36 bits per heavy atom. The Bertz CT molecular complexity index is 198. The van der Waals surface area contributed by atoms with Gasteiger partial charge in [-0.2, -0.15) is 0 Å². The SMILES string of the molecule is CCC1CCC(C)N1CC1(CN)CC1. The van der Waals surface area contributed by atoms with Crippen LogP contribution in [0, 0.1) is 5.41 Å². The van der Waals surface area contributed by atoms with Gasteiger partial charge in [0.1, 0.15) is 0 Å². The Morgan fingerprint density at radius 3 is 2.57 bits per heavy atom. The first-order valence-corrected chi connectivity index (χ1v) is 6.16. The minimum absolute atomic E-state index is 0.520. The van der Waals surface area contributed by atoms with Crippen molar-refractivity contribution in [2.75, 3.05) is 13.1 Å². The number of rotatable bonds is 4. The van der Waals surface area contributed by atoms with Gasteiger partial charge in [-0.15, -0.1) is 0 Å². The number of likely N-dealkylation sites (tertiary alicyclic amines) is 1. The third-order valence-electron chi connectivity index (χ3n) is 4.33. The Kier molecular flexibility index (Phi) is 2.85. The van der Waals surface area contributed by atoms with Crippen LogP contribution in [0.25, 0.3) is 0 Å². The van der Waals surface area contributed by atoms with Crippen molar-refractivity contribution in [3.8, 4) is 0 Å². The van der Waals surface area contributed by atoms with Crippen LogP contribution in [0.1, 0.15) is 46.0 Å². The van der Waals surface area contributed by atoms with Gasteiger partial charge in [0.05, 0.1) is 0 Å². The van der Waals surface area contributed by atoms with Gasteiger partial charge in [-0.3, -0.25) is 4.90 Å². The molecule has 0 aromatic heterocycles. The van der Waals surface area contributed by atoms with Crippen LogP contribution in [-0.2, 0) is 0 Å². The zero-order valence-corrected chi connectivity index (χ0v) is 9.63. The second-order valence-electron chi connectivity index (χ2n) is 5.36. The predicted octanol–water partition coefficient (Wildman–Crippen LogP) is 1.99. The Hall–Kier alpha value is -0.0800. The van der Waals surface area contributed by atoms with Crippen LogP contribution in [0.3, 0.4) is 0 Å². The van der Waals surface area contributed by atoms with Crippen LogP contribution in [-0.4, -0.2) is 30.1 Å². The van der Waals surface area contributed by atoms with Gasteiger partial charge in [-0.1, -0.05) is 6.92 Å². The van der Waals surface area contributed by atoms with Crippen molar-refractivity contribution in [2.45, 2.75) is 58.0 Å². The summed E-state index contributed by atoms with van der Waals surface area (Å²) in [6.45, 7) is 6.86. The molecule has 2 fully saturated rings. The second-order valence-corrected chi connectivity index (χ2v) is 5.36. The van der Waals surface area contributed by atoms with E-state index in [0.29, 0.717) is 5.41 Å². The molecule has 0 amide bonds. The largest absolute Gasteiger partial charge is 0.330 e. The lowest BCUT2D eigenvalue weighted by molar-refractivity contribution is 0.160. The quantitative estimate of drug-likeness (QED) is 0.745. The highest BCUT2D eigenvalue weighted by Crippen LogP contribution is 2.46. The van der Waals surface area contributed by atoms with Gasteiger partial charge in [0.25, 0.3) is 0 Å². The van der Waals surface area contributed by atoms with Crippen molar-refractivity contribution in [1.29, 1.82) is 0 Å². The number of nitrogens with two attached hydrogens (primary N) is 1. The fourth-order valence-corrected chi connectivity index (χ4v) is 2.84. The third-order valence-corrected chi connectivity index (χ3v) is 4.33. The van der Waals surface area contributed by atoms with Crippen LogP contribution in [0.15, 0.2) is 0 Å². The molecule has 0 aromatic rings. The first-order valence-electron chi connectivity index (χ1n) is 6.16. The topological polar surface area (TPSA) is 29.3 Å². The Labute approximate surface area is 87.8 Å². The normalized spacial score (nSPS) is 36.2. The van der Waals surface area contributed by atoms with Crippen LogP contribution in [0.2, 0.25) is 0 Å². The van der Waals surface area contributed by atoms with Crippen molar-refractivity contribution in [2.24, 2.45) is 11.1 Å². The molecule has 0 spiro atoms. The zero-order valence-electron chi connectivity index (χ0n) is 9.63. The summed E-state index contributed by atoms with van der Waals surface area (Å²) in [4.78, 5) is 2.72. The van der Waals surface area contributed by atoms with E-state index in [1.165, 1.54) is 38.6 Å². The molecule has 2 aliphatic rings. The van der Waals surface area contributed by atoms with E-state index in [1.54, 1.807) is 0 Å². The maximum absolute atomic E-state index is 5.85. The van der Waals surface area contributed by atoms with E-state index in [2.05, 4.69) is 18.7 Å². The van der Waals surface area contributed by atoms with Gasteiger partial charge in [0, 0.05) is 18.6 Å². The molecule has 2 nitrogen and oxygen atoms in total. The van der Waals surface area contributed by atoms with Crippen LogP contribution < -0.4 is 5.73 Å². The summed E-state index contributed by atoms with van der Waals surface area (Å²) < 4.78 is 0. The van der Waals surface area contributed by atoms with Gasteiger partial charge >= 0.3 is 0 Å². The summed E-state index contributed by atoms with van der Waals surface area (Å²) in [6, 6.07) is 1.64. The number of hydrogen-bond acceptors (Lipinski definition) is 2. The van der Waals surface area contributed by atoms with Crippen molar-refractivity contribution in [3.05, 3.63) is 0 Å². The minimum atomic E-state index is 0.520. The standard InChI is InChI=1S/C12H24N2/c1-3-11-5-4-10(2)14(11)9-12(8-13)6-7-12/h10-11H,3-9,13H2,1-2H3. The minimum Gasteiger partial charge on any atom is -0.330 e. The van der Waals surface area contributed by atoms with E-state index in [1.807, 2.05) is 0 Å². The van der Waals surface area contributed by atoms with E-state index in [4.69, 9.17) is 5.73 Å². The fourth-order valence-electron chi connectivity index (χ4n) is 2.84. The average Bonchev–Trinajstić information content (AvgIpc) is 2.89. The van der Waals surface area contributed by atoms with Crippen LogP contribution in [0.4, 0.5) is 0 Å². The van der Waals surface area contributed by atoms with Crippen molar-refractivity contribution in [3.63, 3.8) is 0 Å². The molecule has 1 saturated heterocycles. The first-order chi connectivity index (χ1) is 6.71. The lowest BCUT2D eigenvalue weighted by Crippen LogP contribution is -2.40. The predicted molar refractivity (Wildman–Crippen MR) is 60.2 cm³/mol. The zero-order chi connectivity index (χ0) is 10.2. The highest BCUT2D eigenvalue weighted by Gasteiger charge is 2.45. The monoisotopic (exact) mass is 196 g/mol. The molecule has 2 atom stereocenters. The molecule has 0 aromatic carbocycles. The van der Waals surface area contributed by atoms with Gasteiger partial charge in [0.15, 0.2) is 0 Å². The lowest BCUT2D eigenvalue weighted by Gasteiger charge is -2.31. The lowest BCUT2D eigenvalue weighted by atomic mass is 10.1. The van der Waals surface area contributed by atoms with Crippen molar-refractivity contribution in [1.82, 2.24) is 4.90 Å². The van der Waals surface area contributed by atoms with Gasteiger partial charge < -0.3 is 5.73 Å². The third kappa shape index (κ3) is 1.82. The fraction of sp³-hybridized carbons (Fsp3) is 1.00. The van der Waals surface area contributed by atoms with E-state index >= 15 is 0 Å². The summed E-state index contributed by atoms with van der Waals surface area (Å²) >= 11 is 0. The first kappa shape index (κ1) is 10.4. The van der Waals surface area contributed by atoms with E-state index in [0.717, 1.165) is 18.6 Å². The summed E-state index contributed by atoms with van der Waals surface area (Å²) in [5, 5.41) is 0. The molecule has 1 aliphatic carbocycles. The van der Waals surface area contributed by atoms with Crippen LogP contribution in [0.5, 0.6) is 0 Å². The summed E-state index contributed by atoms with van der Waals surface area (Å²) in [7, 11) is 0. The van der Waals surface area contributed by atoms with E-state index in [-0.39, 0.29) is 0 Å². The molecule has 14 heavy (non-hydrogen) atoms. The highest BCUT2D eigenvalue weighted by molar-refractivity contribution is 4.99. The smallest absolute Gasteiger partial charge is 0.00962 e. The molecular formula is C12H24N2. The number of nitrogens with zero attached hydrogens (tertiary/aromatic N) is 1. The molecule has 0 bridgehead atoms. The Balaban J connectivity index is 1.94. The second kappa shape index (κ2) is 3.82. The van der Waals surface area contributed by atoms with E-state index in [9.17, 15) is 0 Å². The number of hydrogen-bond donors (Lipinski definition) is 1. The molecule has 1 saturated carbocycles. The molecule has 2 N–H and O–H groups in total. The molecule has 1 aliphatic heterocycles. The maximum atomic E-state index is 5.85. The summed E-state index contributed by atoms with van der Waals surface area (Å²) in [6.07, 6.45) is 6.83. The van der Waals surface area contributed by atoms with Gasteiger partial charge in [-0.05, 0) is 51.0 Å². The maximum Gasteiger partial charge on any atom is 0.00962 e. The molecule has 2 rings (SSSR count). The molecule has 2 heteroatoms. The molecule has 1 heterocycles. The highest BCUT2D eigenvalue weighted by atomic mass is 15.2. The molecule has 0 radical (unpaired) electrons. The van der Waals surface area contributed by atoms with Crippen LogP contribution >= 0.6 is 0 Å². The summed E-state index contributed by atoms with van der Waals surface area (Å²) in [5.41, 5.74) is 6.37. The Morgan fingerprint density at radius 2 is 2.07 bits per heavy atom. The summed E-state index contributed by atoms with van der Waals surface area (Å²) in [5.74, 6) is 0. The average molecular weight is 196 g/mol. The molecule has 2 unspecified atom stereocenters. The molecular weight excluding hydrogens is 172 g/mol. The van der Waals surface area contributed by atoms with Gasteiger partial charge in [-0.25, -0.2) is 0 Å². The van der Waals surface area contributed by atoms with Crippen molar-refractivity contribution >= 4 is 0 Å². The van der Waals surface area contributed by atoms with Gasteiger partial charge in [0.2, 0.25) is 0 Å². The van der Waals surface area contributed by atoms with E-state index < -0.39 is 0 Å². The molecule has 82 valence electrons. The van der Waals surface area contributed by atoms with Crippen molar-refractivity contribution < 1.29 is 0 Å².